The van der Waals surface area contributed by atoms with Gasteiger partial charge < -0.3 is 10.1 Å². The molecule has 3 rings (SSSR count). The number of hydrogen-bond donors (Lipinski definition) is 2. The predicted octanol–water partition coefficient (Wildman–Crippen LogP) is 1.70. The van der Waals surface area contributed by atoms with Crippen LogP contribution in [0.25, 0.3) is 21.9 Å². The molecule has 0 amide bonds. The first-order chi connectivity index (χ1) is 9.15. The van der Waals surface area contributed by atoms with Gasteiger partial charge in [0.25, 0.3) is 0 Å². The summed E-state index contributed by atoms with van der Waals surface area (Å²) in [6.07, 6.45) is 1.52. The molecular weight excluding hydrogens is 244 g/mol. The summed E-state index contributed by atoms with van der Waals surface area (Å²) < 4.78 is 0. The second-order valence-corrected chi connectivity index (χ2v) is 4.30. The van der Waals surface area contributed by atoms with E-state index < -0.39 is 5.97 Å². The van der Waals surface area contributed by atoms with Crippen LogP contribution in [0.4, 0.5) is 0 Å². The highest BCUT2D eigenvalue weighted by Crippen LogP contribution is 2.15. The number of fused-ring (bicyclic) bond motifs is 2. The van der Waals surface area contributed by atoms with Gasteiger partial charge in [0.05, 0.1) is 17.3 Å². The molecule has 5 heteroatoms. The van der Waals surface area contributed by atoms with E-state index in [1.54, 1.807) is 36.5 Å². The molecule has 0 atom stereocenters. The van der Waals surface area contributed by atoms with Crippen molar-refractivity contribution in [2.45, 2.75) is 6.42 Å². The Hall–Kier alpha value is -2.69. The van der Waals surface area contributed by atoms with Gasteiger partial charge in [-0.3, -0.25) is 9.59 Å². The van der Waals surface area contributed by atoms with Crippen molar-refractivity contribution in [1.82, 2.24) is 9.97 Å². The van der Waals surface area contributed by atoms with Crippen molar-refractivity contribution < 1.29 is 9.90 Å². The van der Waals surface area contributed by atoms with Crippen LogP contribution in [0.1, 0.15) is 5.56 Å². The van der Waals surface area contributed by atoms with Crippen LogP contribution in [0.5, 0.6) is 0 Å². The lowest BCUT2D eigenvalue weighted by atomic mass is 10.1. The molecule has 1 aromatic carbocycles. The minimum absolute atomic E-state index is 0.0968. The van der Waals surface area contributed by atoms with Gasteiger partial charge in [-0.1, -0.05) is 6.07 Å². The highest BCUT2D eigenvalue weighted by Gasteiger charge is 2.08. The fraction of sp³-hybridized carbons (Fsp3) is 0.0714. The Labute approximate surface area is 107 Å². The van der Waals surface area contributed by atoms with E-state index in [0.717, 1.165) is 0 Å². The van der Waals surface area contributed by atoms with Crippen LogP contribution in [0, 0.1) is 0 Å². The molecule has 0 unspecified atom stereocenters. The fourth-order valence-electron chi connectivity index (χ4n) is 2.13. The average Bonchev–Trinajstić information content (AvgIpc) is 2.39. The number of nitrogens with zero attached hydrogens (tertiary/aromatic N) is 1. The molecule has 0 bridgehead atoms. The molecule has 0 aliphatic rings. The second kappa shape index (κ2) is 4.20. The van der Waals surface area contributed by atoms with Crippen LogP contribution in [0.3, 0.4) is 0 Å². The van der Waals surface area contributed by atoms with E-state index >= 15 is 0 Å². The Morgan fingerprint density at radius 1 is 1.26 bits per heavy atom. The van der Waals surface area contributed by atoms with Gasteiger partial charge in [-0.05, 0) is 29.8 Å². The lowest BCUT2D eigenvalue weighted by molar-refractivity contribution is -0.136. The molecule has 2 heterocycles. The Balaban J connectivity index is 2.33. The van der Waals surface area contributed by atoms with Gasteiger partial charge in [0.1, 0.15) is 5.65 Å². The molecule has 5 nitrogen and oxygen atoms in total. The molecule has 0 fully saturated rings. The summed E-state index contributed by atoms with van der Waals surface area (Å²) in [5, 5.41) is 9.77. The zero-order valence-electron chi connectivity index (χ0n) is 9.88. The number of carboxylic acids is 1. The predicted molar refractivity (Wildman–Crippen MR) is 71.2 cm³/mol. The van der Waals surface area contributed by atoms with E-state index in [0.29, 0.717) is 27.5 Å². The first-order valence-corrected chi connectivity index (χ1v) is 5.76. The highest BCUT2D eigenvalue weighted by molar-refractivity contribution is 5.91. The number of hydrogen-bond acceptors (Lipinski definition) is 3. The van der Waals surface area contributed by atoms with Crippen LogP contribution in [0.15, 0.2) is 41.3 Å². The quantitative estimate of drug-likeness (QED) is 0.682. The van der Waals surface area contributed by atoms with E-state index in [1.165, 1.54) is 0 Å². The third kappa shape index (κ3) is 1.95. The largest absolute Gasteiger partial charge is 0.481 e. The monoisotopic (exact) mass is 254 g/mol. The SMILES string of the molecule is O=C(O)Cc1ccc2[nH]c3ncccc3c(=O)c2c1. The summed E-state index contributed by atoms with van der Waals surface area (Å²) in [4.78, 5) is 30.2. The summed E-state index contributed by atoms with van der Waals surface area (Å²) in [6.45, 7) is 0. The standard InChI is InChI=1S/C14H10N2O3/c17-12(18)7-8-3-4-11-10(6-8)13(19)9-2-1-5-15-14(9)16-11/h1-6H,7H2,(H,17,18)(H,15,16,19). The normalized spacial score (nSPS) is 10.9. The van der Waals surface area contributed by atoms with Crippen molar-refractivity contribution in [1.29, 1.82) is 0 Å². The molecule has 0 saturated carbocycles. The Morgan fingerprint density at radius 3 is 2.89 bits per heavy atom. The number of nitrogens with one attached hydrogen (secondary N) is 1. The van der Waals surface area contributed by atoms with Crippen molar-refractivity contribution in [3.05, 3.63) is 52.3 Å². The highest BCUT2D eigenvalue weighted by atomic mass is 16.4. The number of aromatic nitrogens is 2. The van der Waals surface area contributed by atoms with E-state index in [1.807, 2.05) is 0 Å². The molecule has 0 aliphatic carbocycles. The van der Waals surface area contributed by atoms with Crippen LogP contribution < -0.4 is 5.43 Å². The van der Waals surface area contributed by atoms with Gasteiger partial charge >= 0.3 is 5.97 Å². The van der Waals surface area contributed by atoms with Crippen molar-refractivity contribution in [2.24, 2.45) is 0 Å². The summed E-state index contributed by atoms with van der Waals surface area (Å²) in [5.41, 5.74) is 1.66. The van der Waals surface area contributed by atoms with Gasteiger partial charge in [0, 0.05) is 11.6 Å². The van der Waals surface area contributed by atoms with E-state index in [4.69, 9.17) is 5.11 Å². The van der Waals surface area contributed by atoms with Crippen molar-refractivity contribution in [3.63, 3.8) is 0 Å². The molecule has 0 saturated heterocycles. The minimum Gasteiger partial charge on any atom is -0.481 e. The third-order valence-electron chi connectivity index (χ3n) is 2.99. The molecule has 3 aromatic rings. The molecular formula is C14H10N2O3. The summed E-state index contributed by atoms with van der Waals surface area (Å²) in [7, 11) is 0. The second-order valence-electron chi connectivity index (χ2n) is 4.30. The van der Waals surface area contributed by atoms with Gasteiger partial charge in [-0.2, -0.15) is 0 Å². The number of rotatable bonds is 2. The van der Waals surface area contributed by atoms with Gasteiger partial charge in [-0.15, -0.1) is 0 Å². The average molecular weight is 254 g/mol. The first kappa shape index (κ1) is 11.4. The minimum atomic E-state index is -0.918. The van der Waals surface area contributed by atoms with Crippen molar-refractivity contribution in [2.75, 3.05) is 0 Å². The van der Waals surface area contributed by atoms with Gasteiger partial charge in [-0.25, -0.2) is 4.98 Å². The number of carboxylic acid groups (broad SMARTS) is 1. The van der Waals surface area contributed by atoms with Crippen LogP contribution in [0.2, 0.25) is 0 Å². The maximum atomic E-state index is 12.3. The zero-order valence-corrected chi connectivity index (χ0v) is 9.88. The molecule has 2 N–H and O–H groups in total. The Morgan fingerprint density at radius 2 is 2.11 bits per heavy atom. The van der Waals surface area contributed by atoms with E-state index in [-0.39, 0.29) is 11.8 Å². The van der Waals surface area contributed by atoms with Crippen molar-refractivity contribution >= 4 is 27.9 Å². The molecule has 2 aromatic heterocycles. The van der Waals surface area contributed by atoms with Crippen LogP contribution >= 0.6 is 0 Å². The first-order valence-electron chi connectivity index (χ1n) is 5.76. The van der Waals surface area contributed by atoms with E-state index in [2.05, 4.69) is 9.97 Å². The summed E-state index contributed by atoms with van der Waals surface area (Å²) in [5.74, 6) is -0.918. The zero-order chi connectivity index (χ0) is 13.4. The number of aromatic amines is 1. The van der Waals surface area contributed by atoms with Gasteiger partial charge in [0.2, 0.25) is 0 Å². The maximum Gasteiger partial charge on any atom is 0.307 e. The maximum absolute atomic E-state index is 12.3. The summed E-state index contributed by atoms with van der Waals surface area (Å²) >= 11 is 0. The molecule has 19 heavy (non-hydrogen) atoms. The molecule has 94 valence electrons. The fourth-order valence-corrected chi connectivity index (χ4v) is 2.13. The number of aliphatic carboxylic acids is 1. The third-order valence-corrected chi connectivity index (χ3v) is 2.99. The molecule has 0 spiro atoms. The van der Waals surface area contributed by atoms with Crippen LogP contribution in [-0.4, -0.2) is 21.0 Å². The lowest BCUT2D eigenvalue weighted by Crippen LogP contribution is -2.06. The number of H-pyrrole nitrogens is 1. The number of carbonyl (C=O) groups is 1. The molecule has 0 aliphatic heterocycles. The smallest absolute Gasteiger partial charge is 0.307 e. The Kier molecular flexibility index (Phi) is 2.52. The Bertz CT molecular complexity index is 852. The topological polar surface area (TPSA) is 83.0 Å². The lowest BCUT2D eigenvalue weighted by Gasteiger charge is -2.03. The van der Waals surface area contributed by atoms with Crippen LogP contribution in [-0.2, 0) is 11.2 Å². The number of benzene rings is 1. The van der Waals surface area contributed by atoms with Crippen molar-refractivity contribution in [3.8, 4) is 0 Å². The molecule has 0 radical (unpaired) electrons. The number of pyridine rings is 2. The summed E-state index contributed by atoms with van der Waals surface area (Å²) in [6, 6.07) is 8.42. The van der Waals surface area contributed by atoms with E-state index in [9.17, 15) is 9.59 Å². The van der Waals surface area contributed by atoms with Gasteiger partial charge in [0.15, 0.2) is 5.43 Å².